The summed E-state index contributed by atoms with van der Waals surface area (Å²) in [6, 6.07) is 11.0. The molecule has 1 unspecified atom stereocenters. The number of ether oxygens (including phenoxy) is 1. The first-order valence-corrected chi connectivity index (χ1v) is 11.7. The molecule has 1 N–H and O–H groups in total. The normalized spacial score (nSPS) is 14.7. The van der Waals surface area contributed by atoms with Crippen LogP contribution in [0.25, 0.3) is 0 Å². The minimum Gasteiger partial charge on any atom is -0.469 e. The Morgan fingerprint density at radius 2 is 1.90 bits per heavy atom. The lowest BCUT2D eigenvalue weighted by Gasteiger charge is -2.29. The van der Waals surface area contributed by atoms with Crippen LogP contribution in [0.5, 0.6) is 0 Å². The van der Waals surface area contributed by atoms with E-state index in [1.165, 1.54) is 20.1 Å². The lowest BCUT2D eigenvalue weighted by atomic mass is 10.0. The van der Waals surface area contributed by atoms with Crippen LogP contribution in [-0.2, 0) is 30.8 Å². The summed E-state index contributed by atoms with van der Waals surface area (Å²) in [4.78, 5) is 25.5. The Morgan fingerprint density at radius 3 is 2.53 bits per heavy atom. The molecule has 0 saturated carbocycles. The molecule has 1 atom stereocenters. The number of amides is 1. The third kappa shape index (κ3) is 5.08. The Balaban J connectivity index is 1.91. The SMILES string of the molecule is COC(=O)CC(NS(=O)(=O)c1ccc2c(c1)CCCN2C(C)=O)c1ccc(Br)cc1. The van der Waals surface area contributed by atoms with Gasteiger partial charge in [0.25, 0.3) is 0 Å². The number of fused-ring (bicyclic) bond motifs is 1. The molecule has 160 valence electrons. The molecule has 1 aliphatic rings. The number of anilines is 1. The average molecular weight is 495 g/mol. The van der Waals surface area contributed by atoms with Gasteiger partial charge in [0.15, 0.2) is 0 Å². The van der Waals surface area contributed by atoms with Crippen molar-refractivity contribution in [1.29, 1.82) is 0 Å². The molecule has 1 amide bonds. The Kier molecular flexibility index (Phi) is 6.95. The Morgan fingerprint density at radius 1 is 1.20 bits per heavy atom. The lowest BCUT2D eigenvalue weighted by molar-refractivity contribution is -0.141. The molecule has 0 spiro atoms. The number of hydrogen-bond donors (Lipinski definition) is 1. The van der Waals surface area contributed by atoms with Crippen molar-refractivity contribution in [3.63, 3.8) is 0 Å². The molecule has 2 aromatic carbocycles. The molecule has 0 saturated heterocycles. The molecule has 2 aromatic rings. The van der Waals surface area contributed by atoms with E-state index < -0.39 is 22.0 Å². The van der Waals surface area contributed by atoms with Crippen LogP contribution < -0.4 is 9.62 Å². The van der Waals surface area contributed by atoms with E-state index in [0.29, 0.717) is 18.5 Å². The van der Waals surface area contributed by atoms with Crippen LogP contribution in [0.15, 0.2) is 51.8 Å². The van der Waals surface area contributed by atoms with Gasteiger partial charge in [-0.2, -0.15) is 0 Å². The molecule has 0 fully saturated rings. The average Bonchev–Trinajstić information content (AvgIpc) is 2.72. The summed E-state index contributed by atoms with van der Waals surface area (Å²) in [5, 5.41) is 0. The van der Waals surface area contributed by atoms with Crippen molar-refractivity contribution in [3.8, 4) is 0 Å². The van der Waals surface area contributed by atoms with Gasteiger partial charge in [-0.1, -0.05) is 28.1 Å². The largest absolute Gasteiger partial charge is 0.469 e. The highest BCUT2D eigenvalue weighted by molar-refractivity contribution is 9.10. The molecule has 3 rings (SSSR count). The maximum Gasteiger partial charge on any atom is 0.307 e. The molecule has 0 radical (unpaired) electrons. The minimum atomic E-state index is -3.92. The Hall–Kier alpha value is -2.23. The first-order valence-electron chi connectivity index (χ1n) is 9.47. The Bertz CT molecular complexity index is 1050. The van der Waals surface area contributed by atoms with Crippen molar-refractivity contribution in [3.05, 3.63) is 58.1 Å². The number of esters is 1. The van der Waals surface area contributed by atoms with E-state index in [-0.39, 0.29) is 17.2 Å². The van der Waals surface area contributed by atoms with Crippen LogP contribution in [0.2, 0.25) is 0 Å². The molecule has 7 nitrogen and oxygen atoms in total. The number of benzene rings is 2. The molecular weight excluding hydrogens is 472 g/mol. The second-order valence-electron chi connectivity index (χ2n) is 7.07. The zero-order chi connectivity index (χ0) is 21.9. The highest BCUT2D eigenvalue weighted by atomic mass is 79.9. The third-order valence-corrected chi connectivity index (χ3v) is 7.03. The highest BCUT2D eigenvalue weighted by Crippen LogP contribution is 2.30. The van der Waals surface area contributed by atoms with E-state index in [1.54, 1.807) is 41.3 Å². The van der Waals surface area contributed by atoms with Gasteiger partial charge in [-0.3, -0.25) is 9.59 Å². The highest BCUT2D eigenvalue weighted by Gasteiger charge is 2.27. The number of carbonyl (C=O) groups excluding carboxylic acids is 2. The van der Waals surface area contributed by atoms with Gasteiger partial charge in [0, 0.05) is 23.6 Å². The molecule has 9 heteroatoms. The number of halogens is 1. The first-order chi connectivity index (χ1) is 14.2. The van der Waals surface area contributed by atoms with Crippen LogP contribution in [0.4, 0.5) is 5.69 Å². The number of nitrogens with one attached hydrogen (secondary N) is 1. The molecule has 30 heavy (non-hydrogen) atoms. The predicted octanol–water partition coefficient (Wildman–Crippen LogP) is 3.33. The van der Waals surface area contributed by atoms with Gasteiger partial charge in [0.2, 0.25) is 15.9 Å². The summed E-state index contributed by atoms with van der Waals surface area (Å²) in [7, 11) is -2.65. The van der Waals surface area contributed by atoms with Crippen LogP contribution in [-0.4, -0.2) is 33.9 Å². The van der Waals surface area contributed by atoms with E-state index in [1.807, 2.05) is 0 Å². The van der Waals surface area contributed by atoms with Crippen molar-refractivity contribution in [2.75, 3.05) is 18.6 Å². The second-order valence-corrected chi connectivity index (χ2v) is 9.70. The van der Waals surface area contributed by atoms with Crippen LogP contribution in [0.3, 0.4) is 0 Å². The van der Waals surface area contributed by atoms with Gasteiger partial charge < -0.3 is 9.64 Å². The standard InChI is InChI=1S/C21H23BrN2O5S/c1-14(25)24-11-3-4-16-12-18(9-10-20(16)24)30(27,28)23-19(13-21(26)29-2)15-5-7-17(22)8-6-15/h5-10,12,19,23H,3-4,11,13H2,1-2H3. The second kappa shape index (κ2) is 9.28. The maximum absolute atomic E-state index is 13.1. The smallest absolute Gasteiger partial charge is 0.307 e. The maximum atomic E-state index is 13.1. The van der Waals surface area contributed by atoms with Crippen molar-refractivity contribution >= 4 is 43.5 Å². The van der Waals surface area contributed by atoms with Gasteiger partial charge in [0.05, 0.1) is 24.5 Å². The van der Waals surface area contributed by atoms with Gasteiger partial charge in [-0.25, -0.2) is 13.1 Å². The summed E-state index contributed by atoms with van der Waals surface area (Å²) in [5.74, 6) is -0.591. The fourth-order valence-corrected chi connectivity index (χ4v) is 5.03. The van der Waals surface area contributed by atoms with E-state index in [2.05, 4.69) is 20.7 Å². The first kappa shape index (κ1) is 22.5. The van der Waals surface area contributed by atoms with Gasteiger partial charge in [0.1, 0.15) is 0 Å². The van der Waals surface area contributed by atoms with Gasteiger partial charge in [-0.05, 0) is 54.3 Å². The minimum absolute atomic E-state index is 0.0712. The number of sulfonamides is 1. The Labute approximate surface area is 184 Å². The monoisotopic (exact) mass is 494 g/mol. The van der Waals surface area contributed by atoms with Gasteiger partial charge in [-0.15, -0.1) is 0 Å². The number of methoxy groups -OCH3 is 1. The van der Waals surface area contributed by atoms with Crippen molar-refractivity contribution < 1.29 is 22.7 Å². The van der Waals surface area contributed by atoms with Crippen LogP contribution in [0.1, 0.15) is 36.9 Å². The zero-order valence-electron chi connectivity index (χ0n) is 16.7. The summed E-state index contributed by atoms with van der Waals surface area (Å²) in [6.07, 6.45) is 1.33. The molecule has 1 aliphatic heterocycles. The third-order valence-electron chi connectivity index (χ3n) is 5.03. The summed E-state index contributed by atoms with van der Waals surface area (Å²) in [5.41, 5.74) is 2.20. The summed E-state index contributed by atoms with van der Waals surface area (Å²) in [6.45, 7) is 2.12. The van der Waals surface area contributed by atoms with Crippen molar-refractivity contribution in [2.24, 2.45) is 0 Å². The molecular formula is C21H23BrN2O5S. The van der Waals surface area contributed by atoms with Crippen LogP contribution >= 0.6 is 15.9 Å². The van der Waals surface area contributed by atoms with E-state index in [9.17, 15) is 18.0 Å². The molecule has 0 aliphatic carbocycles. The molecule has 0 bridgehead atoms. The van der Waals surface area contributed by atoms with Crippen LogP contribution in [0, 0.1) is 0 Å². The van der Waals surface area contributed by atoms with Crippen molar-refractivity contribution in [1.82, 2.24) is 4.72 Å². The number of aryl methyl sites for hydroxylation is 1. The molecule has 1 heterocycles. The molecule has 0 aromatic heterocycles. The summed E-state index contributed by atoms with van der Waals surface area (Å²) < 4.78 is 34.4. The van der Waals surface area contributed by atoms with E-state index in [4.69, 9.17) is 4.74 Å². The zero-order valence-corrected chi connectivity index (χ0v) is 19.1. The lowest BCUT2D eigenvalue weighted by Crippen LogP contribution is -2.34. The fourth-order valence-electron chi connectivity index (χ4n) is 3.50. The number of hydrogen-bond acceptors (Lipinski definition) is 5. The number of carbonyl (C=O) groups is 2. The number of rotatable bonds is 6. The van der Waals surface area contributed by atoms with E-state index in [0.717, 1.165) is 22.1 Å². The predicted molar refractivity (Wildman–Crippen MR) is 117 cm³/mol. The quantitative estimate of drug-likeness (QED) is 0.621. The van der Waals surface area contributed by atoms with Gasteiger partial charge >= 0.3 is 5.97 Å². The van der Waals surface area contributed by atoms with E-state index >= 15 is 0 Å². The van der Waals surface area contributed by atoms with Crippen molar-refractivity contribution in [2.45, 2.75) is 37.1 Å². The fraction of sp³-hybridized carbons (Fsp3) is 0.333. The number of nitrogens with zero attached hydrogens (tertiary/aromatic N) is 1. The summed E-state index contributed by atoms with van der Waals surface area (Å²) >= 11 is 3.35. The topological polar surface area (TPSA) is 92.8 Å².